The van der Waals surface area contributed by atoms with Gasteiger partial charge in [-0.05, 0) is 50.1 Å². The van der Waals surface area contributed by atoms with Crippen LogP contribution in [0, 0.1) is 0 Å². The molecule has 1 heterocycles. The Morgan fingerprint density at radius 3 is 2.76 bits per heavy atom. The highest BCUT2D eigenvalue weighted by atomic mass is 16.5. The number of ether oxygens (including phenoxy) is 2. The number of anilines is 2. The van der Waals surface area contributed by atoms with Gasteiger partial charge in [0.15, 0.2) is 6.10 Å². The fourth-order valence-electron chi connectivity index (χ4n) is 3.59. The molecular formula is C23H30N2O4. The van der Waals surface area contributed by atoms with Crippen LogP contribution in [0.25, 0.3) is 0 Å². The fraction of sp³-hybridized carbons (Fsp3) is 0.435. The van der Waals surface area contributed by atoms with Gasteiger partial charge in [0, 0.05) is 31.8 Å². The molecule has 1 aliphatic rings. The second kappa shape index (κ2) is 10.2. The maximum atomic E-state index is 11.2. The summed E-state index contributed by atoms with van der Waals surface area (Å²) >= 11 is 0. The smallest absolute Gasteiger partial charge is 0.333 e. The number of nitrogens with zero attached hydrogens (tertiary/aromatic N) is 1. The summed E-state index contributed by atoms with van der Waals surface area (Å²) in [7, 11) is 0. The molecule has 0 saturated carbocycles. The van der Waals surface area contributed by atoms with Gasteiger partial charge in [-0.2, -0.15) is 0 Å². The topological polar surface area (TPSA) is 71.0 Å². The molecule has 2 N–H and O–H groups in total. The zero-order valence-electron chi connectivity index (χ0n) is 17.1. The van der Waals surface area contributed by atoms with E-state index < -0.39 is 12.1 Å². The summed E-state index contributed by atoms with van der Waals surface area (Å²) in [5.74, 6) is 0.0366. The van der Waals surface area contributed by atoms with E-state index in [1.54, 1.807) is 6.92 Å². The number of carbonyl (C=O) groups is 1. The Morgan fingerprint density at radius 1 is 1.28 bits per heavy atom. The number of hydrogen-bond donors (Lipinski definition) is 2. The average molecular weight is 399 g/mol. The lowest BCUT2D eigenvalue weighted by molar-refractivity contribution is -0.149. The van der Waals surface area contributed by atoms with Crippen LogP contribution in [0.1, 0.15) is 25.8 Å². The van der Waals surface area contributed by atoms with E-state index in [0.717, 1.165) is 48.7 Å². The van der Waals surface area contributed by atoms with E-state index >= 15 is 0 Å². The SMILES string of the molecule is CCOC(Cc1ccc(NCCCN2CC(C)Oc3ccccc32)cc1)C(=O)O. The third kappa shape index (κ3) is 5.87. The van der Waals surface area contributed by atoms with Gasteiger partial charge < -0.3 is 24.8 Å². The first kappa shape index (κ1) is 21.0. The molecule has 0 radical (unpaired) electrons. The maximum absolute atomic E-state index is 11.2. The van der Waals surface area contributed by atoms with Gasteiger partial charge in [0.1, 0.15) is 11.9 Å². The number of rotatable bonds is 10. The minimum atomic E-state index is -0.923. The fourth-order valence-corrected chi connectivity index (χ4v) is 3.59. The molecule has 0 bridgehead atoms. The quantitative estimate of drug-likeness (QED) is 0.593. The summed E-state index contributed by atoms with van der Waals surface area (Å²) in [6.45, 7) is 7.02. The van der Waals surface area contributed by atoms with E-state index in [9.17, 15) is 9.90 Å². The summed E-state index contributed by atoms with van der Waals surface area (Å²) in [5, 5.41) is 12.6. The zero-order valence-corrected chi connectivity index (χ0v) is 17.1. The third-order valence-corrected chi connectivity index (χ3v) is 4.96. The van der Waals surface area contributed by atoms with Crippen LogP contribution in [0.5, 0.6) is 5.75 Å². The van der Waals surface area contributed by atoms with Crippen molar-refractivity contribution in [1.82, 2.24) is 0 Å². The normalized spacial score (nSPS) is 16.6. The lowest BCUT2D eigenvalue weighted by Crippen LogP contribution is -2.39. The highest BCUT2D eigenvalue weighted by Gasteiger charge is 2.21. The Bertz CT molecular complexity index is 794. The van der Waals surface area contributed by atoms with E-state index in [2.05, 4.69) is 23.2 Å². The number of nitrogens with one attached hydrogen (secondary N) is 1. The van der Waals surface area contributed by atoms with Crippen molar-refractivity contribution >= 4 is 17.3 Å². The third-order valence-electron chi connectivity index (χ3n) is 4.96. The average Bonchev–Trinajstić information content (AvgIpc) is 2.71. The van der Waals surface area contributed by atoms with Gasteiger partial charge in [-0.25, -0.2) is 4.79 Å². The van der Waals surface area contributed by atoms with Gasteiger partial charge in [0.2, 0.25) is 0 Å². The molecular weight excluding hydrogens is 368 g/mol. The number of benzene rings is 2. The highest BCUT2D eigenvalue weighted by molar-refractivity contribution is 5.72. The highest BCUT2D eigenvalue weighted by Crippen LogP contribution is 2.32. The van der Waals surface area contributed by atoms with Crippen molar-refractivity contribution < 1.29 is 19.4 Å². The molecule has 0 aromatic heterocycles. The van der Waals surface area contributed by atoms with Crippen LogP contribution in [0.3, 0.4) is 0 Å². The van der Waals surface area contributed by atoms with Crippen molar-refractivity contribution in [2.75, 3.05) is 36.5 Å². The molecule has 29 heavy (non-hydrogen) atoms. The Labute approximate surface area is 172 Å². The predicted molar refractivity (Wildman–Crippen MR) is 115 cm³/mol. The number of para-hydroxylation sites is 2. The molecule has 0 aliphatic carbocycles. The lowest BCUT2D eigenvalue weighted by Gasteiger charge is -2.35. The van der Waals surface area contributed by atoms with Crippen molar-refractivity contribution in [3.63, 3.8) is 0 Å². The van der Waals surface area contributed by atoms with E-state index in [0.29, 0.717) is 13.0 Å². The van der Waals surface area contributed by atoms with Crippen molar-refractivity contribution in [2.45, 2.75) is 38.9 Å². The molecule has 0 saturated heterocycles. The van der Waals surface area contributed by atoms with Gasteiger partial charge in [-0.1, -0.05) is 24.3 Å². The van der Waals surface area contributed by atoms with Gasteiger partial charge in [-0.3, -0.25) is 0 Å². The van der Waals surface area contributed by atoms with Crippen LogP contribution >= 0.6 is 0 Å². The Hall–Kier alpha value is -2.73. The number of aliphatic carboxylic acids is 1. The van der Waals surface area contributed by atoms with Gasteiger partial charge in [-0.15, -0.1) is 0 Å². The van der Waals surface area contributed by atoms with E-state index in [4.69, 9.17) is 9.47 Å². The molecule has 6 nitrogen and oxygen atoms in total. The summed E-state index contributed by atoms with van der Waals surface area (Å²) in [5.41, 5.74) is 3.15. The van der Waals surface area contributed by atoms with Gasteiger partial charge in [0.05, 0.1) is 12.2 Å². The first-order valence-electron chi connectivity index (χ1n) is 10.2. The number of hydrogen-bond acceptors (Lipinski definition) is 5. The maximum Gasteiger partial charge on any atom is 0.333 e. The molecule has 0 spiro atoms. The number of carboxylic acid groups (broad SMARTS) is 1. The molecule has 1 aliphatic heterocycles. The minimum absolute atomic E-state index is 0.191. The largest absolute Gasteiger partial charge is 0.487 e. The van der Waals surface area contributed by atoms with Crippen LogP contribution in [0.4, 0.5) is 11.4 Å². The zero-order chi connectivity index (χ0) is 20.6. The Morgan fingerprint density at radius 2 is 2.03 bits per heavy atom. The number of fused-ring (bicyclic) bond motifs is 1. The summed E-state index contributed by atoms with van der Waals surface area (Å²) in [4.78, 5) is 13.6. The van der Waals surface area contributed by atoms with E-state index in [1.807, 2.05) is 42.5 Å². The molecule has 2 aromatic rings. The molecule has 0 fully saturated rings. The van der Waals surface area contributed by atoms with E-state index in [-0.39, 0.29) is 6.10 Å². The van der Waals surface area contributed by atoms with Crippen molar-refractivity contribution in [3.05, 3.63) is 54.1 Å². The summed E-state index contributed by atoms with van der Waals surface area (Å²) in [6.07, 6.45) is 0.779. The molecule has 2 unspecified atom stereocenters. The molecule has 2 atom stereocenters. The van der Waals surface area contributed by atoms with Crippen LogP contribution in [0.2, 0.25) is 0 Å². The van der Waals surface area contributed by atoms with Crippen molar-refractivity contribution in [1.29, 1.82) is 0 Å². The van der Waals surface area contributed by atoms with Crippen LogP contribution < -0.4 is 15.0 Å². The van der Waals surface area contributed by atoms with Gasteiger partial charge in [0.25, 0.3) is 0 Å². The molecule has 156 valence electrons. The Balaban J connectivity index is 1.46. The molecule has 2 aromatic carbocycles. The second-order valence-corrected chi connectivity index (χ2v) is 7.31. The number of carboxylic acids is 1. The standard InChI is InChI=1S/C23H30N2O4/c1-3-28-22(23(26)27)15-18-9-11-19(12-10-18)24-13-6-14-25-16-17(2)29-21-8-5-4-7-20(21)25/h4-5,7-12,17,22,24H,3,6,13-16H2,1-2H3,(H,26,27). The summed E-state index contributed by atoms with van der Waals surface area (Å²) in [6, 6.07) is 16.1. The molecule has 0 amide bonds. The van der Waals surface area contributed by atoms with Gasteiger partial charge >= 0.3 is 5.97 Å². The van der Waals surface area contributed by atoms with Crippen molar-refractivity contribution in [3.8, 4) is 5.75 Å². The van der Waals surface area contributed by atoms with E-state index in [1.165, 1.54) is 0 Å². The van der Waals surface area contributed by atoms with Crippen LogP contribution in [-0.4, -0.2) is 49.5 Å². The molecule has 6 heteroatoms. The van der Waals surface area contributed by atoms with Crippen molar-refractivity contribution in [2.24, 2.45) is 0 Å². The monoisotopic (exact) mass is 398 g/mol. The second-order valence-electron chi connectivity index (χ2n) is 7.31. The van der Waals surface area contributed by atoms with Crippen LogP contribution in [-0.2, 0) is 16.0 Å². The lowest BCUT2D eigenvalue weighted by atomic mass is 10.1. The summed E-state index contributed by atoms with van der Waals surface area (Å²) < 4.78 is 11.2. The van der Waals surface area contributed by atoms with Crippen LogP contribution in [0.15, 0.2) is 48.5 Å². The molecule has 3 rings (SSSR count). The first-order valence-corrected chi connectivity index (χ1v) is 10.2. The predicted octanol–water partition coefficient (Wildman–Crippen LogP) is 3.81. The minimum Gasteiger partial charge on any atom is -0.487 e. The Kier molecular flexibility index (Phi) is 7.36. The first-order chi connectivity index (χ1) is 14.1.